The van der Waals surface area contributed by atoms with Gasteiger partial charge in [-0.2, -0.15) is 0 Å². The van der Waals surface area contributed by atoms with Crippen LogP contribution in [-0.4, -0.2) is 23.1 Å². The van der Waals surface area contributed by atoms with Gasteiger partial charge in [0.1, 0.15) is 6.10 Å². The molecule has 0 aliphatic heterocycles. The van der Waals surface area contributed by atoms with Crippen molar-refractivity contribution in [3.8, 4) is 0 Å². The van der Waals surface area contributed by atoms with Gasteiger partial charge in [0.25, 0.3) is 0 Å². The van der Waals surface area contributed by atoms with Gasteiger partial charge in [-0.1, -0.05) is 19.6 Å². The van der Waals surface area contributed by atoms with Gasteiger partial charge in [0, 0.05) is 11.1 Å². The zero-order valence-corrected chi connectivity index (χ0v) is 11.2. The van der Waals surface area contributed by atoms with Crippen LogP contribution in [0, 0.1) is 0 Å². The minimum Gasteiger partial charge on any atom is -0.478 e. The fourth-order valence-electron chi connectivity index (χ4n) is 1.43. The summed E-state index contributed by atoms with van der Waals surface area (Å²) in [7, 11) is 0. The second-order valence-corrected chi connectivity index (χ2v) is 4.53. The Labute approximate surface area is 108 Å². The van der Waals surface area contributed by atoms with E-state index >= 15 is 0 Å². The summed E-state index contributed by atoms with van der Waals surface area (Å²) in [6.07, 6.45) is 5.87. The lowest BCUT2D eigenvalue weighted by Crippen LogP contribution is -2.20. The van der Waals surface area contributed by atoms with Crippen molar-refractivity contribution in [2.45, 2.75) is 52.1 Å². The van der Waals surface area contributed by atoms with Crippen LogP contribution in [0.3, 0.4) is 0 Å². The molecule has 4 heteroatoms. The van der Waals surface area contributed by atoms with Gasteiger partial charge < -0.3 is 9.84 Å². The van der Waals surface area contributed by atoms with E-state index in [0.717, 1.165) is 12.8 Å². The zero-order valence-electron chi connectivity index (χ0n) is 11.2. The quantitative estimate of drug-likeness (QED) is 0.621. The summed E-state index contributed by atoms with van der Waals surface area (Å²) in [5, 5.41) is 7.89. The van der Waals surface area contributed by atoms with Crippen LogP contribution < -0.4 is 0 Å². The molecule has 1 fully saturated rings. The molecule has 0 aromatic heterocycles. The van der Waals surface area contributed by atoms with E-state index in [4.69, 9.17) is 9.84 Å². The van der Waals surface area contributed by atoms with Crippen molar-refractivity contribution >= 4 is 11.9 Å². The smallest absolute Gasteiger partial charge is 0.333 e. The second kappa shape index (κ2) is 8.50. The molecule has 0 bridgehead atoms. The van der Waals surface area contributed by atoms with Crippen molar-refractivity contribution in [1.82, 2.24) is 0 Å². The maximum absolute atomic E-state index is 11.1. The van der Waals surface area contributed by atoms with E-state index in [2.05, 4.69) is 13.2 Å². The molecule has 4 nitrogen and oxygen atoms in total. The fraction of sp³-hybridized carbons (Fsp3) is 0.571. The molecule has 0 aromatic rings. The Bertz CT molecular complexity index is 313. The Morgan fingerprint density at radius 1 is 1.06 bits per heavy atom. The van der Waals surface area contributed by atoms with Crippen molar-refractivity contribution < 1.29 is 19.4 Å². The molecule has 1 rings (SSSR count). The molecule has 0 unspecified atom stereocenters. The highest BCUT2D eigenvalue weighted by Gasteiger charge is 2.17. The van der Waals surface area contributed by atoms with Gasteiger partial charge in [0.05, 0.1) is 0 Å². The fourth-order valence-corrected chi connectivity index (χ4v) is 1.43. The van der Waals surface area contributed by atoms with Gasteiger partial charge in [-0.15, -0.1) is 0 Å². The molecule has 1 N–H and O–H groups in total. The highest BCUT2D eigenvalue weighted by molar-refractivity contribution is 5.87. The third kappa shape index (κ3) is 7.65. The average molecular weight is 254 g/mol. The lowest BCUT2D eigenvalue weighted by molar-refractivity contribution is -0.145. The second-order valence-electron chi connectivity index (χ2n) is 4.53. The number of carbonyl (C=O) groups is 2. The topological polar surface area (TPSA) is 63.6 Å². The number of carboxylic acid groups (broad SMARTS) is 1. The molecule has 1 aliphatic carbocycles. The van der Waals surface area contributed by atoms with Gasteiger partial charge in [0.2, 0.25) is 0 Å². The van der Waals surface area contributed by atoms with Gasteiger partial charge in [-0.25, -0.2) is 9.59 Å². The lowest BCUT2D eigenvalue weighted by Gasteiger charge is -2.21. The van der Waals surface area contributed by atoms with E-state index in [1.165, 1.54) is 26.2 Å². The molecule has 1 saturated carbocycles. The largest absolute Gasteiger partial charge is 0.478 e. The van der Waals surface area contributed by atoms with Crippen molar-refractivity contribution in [3.05, 3.63) is 24.3 Å². The van der Waals surface area contributed by atoms with E-state index in [1.807, 2.05) is 0 Å². The van der Waals surface area contributed by atoms with Crippen molar-refractivity contribution in [1.29, 1.82) is 0 Å². The molecule has 0 radical (unpaired) electrons. The first kappa shape index (κ1) is 16.4. The summed E-state index contributed by atoms with van der Waals surface area (Å²) in [6.45, 7) is 9.83. The summed E-state index contributed by atoms with van der Waals surface area (Å²) in [4.78, 5) is 20.7. The first-order chi connectivity index (χ1) is 8.34. The van der Waals surface area contributed by atoms with E-state index in [-0.39, 0.29) is 17.6 Å². The predicted octanol–water partition coefficient (Wildman–Crippen LogP) is 3.09. The summed E-state index contributed by atoms with van der Waals surface area (Å²) in [6, 6.07) is 0. The number of ether oxygens (including phenoxy) is 1. The van der Waals surface area contributed by atoms with Crippen LogP contribution >= 0.6 is 0 Å². The Morgan fingerprint density at radius 2 is 1.50 bits per heavy atom. The molecule has 0 atom stereocenters. The summed E-state index contributed by atoms with van der Waals surface area (Å²) in [5.41, 5.74) is 0.676. The van der Waals surface area contributed by atoms with Crippen LogP contribution in [0.4, 0.5) is 0 Å². The Balaban J connectivity index is 0.000000411. The third-order valence-corrected chi connectivity index (χ3v) is 2.54. The SMILES string of the molecule is C=C(C)C(=O)O.C=C(C)C(=O)OC1CCCCC1. The van der Waals surface area contributed by atoms with Crippen molar-refractivity contribution in [2.75, 3.05) is 0 Å². The van der Waals surface area contributed by atoms with Crippen LogP contribution in [0.5, 0.6) is 0 Å². The normalized spacial score (nSPS) is 15.0. The highest BCUT2D eigenvalue weighted by atomic mass is 16.5. The van der Waals surface area contributed by atoms with Gasteiger partial charge in [-0.05, 0) is 39.5 Å². The van der Waals surface area contributed by atoms with E-state index in [0.29, 0.717) is 5.57 Å². The molecule has 0 spiro atoms. The van der Waals surface area contributed by atoms with Crippen LogP contribution in [-0.2, 0) is 14.3 Å². The first-order valence-electron chi connectivity index (χ1n) is 6.10. The lowest BCUT2D eigenvalue weighted by atomic mass is 9.98. The minimum atomic E-state index is -0.935. The first-order valence-corrected chi connectivity index (χ1v) is 6.10. The van der Waals surface area contributed by atoms with Crippen LogP contribution in [0.1, 0.15) is 46.0 Å². The Kier molecular flexibility index (Phi) is 7.76. The average Bonchev–Trinajstić information content (AvgIpc) is 2.30. The molecule has 0 aromatic carbocycles. The standard InChI is InChI=1S/C10H16O2.C4H6O2/c1-8(2)10(11)12-9-6-4-3-5-7-9;1-3(2)4(5)6/h9H,1,3-7H2,2H3;1H2,2H3,(H,5,6). The number of hydrogen-bond donors (Lipinski definition) is 1. The molecular weight excluding hydrogens is 232 g/mol. The summed E-state index contributed by atoms with van der Waals surface area (Å²) in [5.74, 6) is -1.17. The van der Waals surface area contributed by atoms with Gasteiger partial charge >= 0.3 is 11.9 Å². The molecule has 0 amide bonds. The molecular formula is C14H22O4. The maximum Gasteiger partial charge on any atom is 0.333 e. The third-order valence-electron chi connectivity index (χ3n) is 2.54. The van der Waals surface area contributed by atoms with Gasteiger partial charge in [-0.3, -0.25) is 0 Å². The van der Waals surface area contributed by atoms with E-state index < -0.39 is 5.97 Å². The Morgan fingerprint density at radius 3 is 1.83 bits per heavy atom. The van der Waals surface area contributed by atoms with E-state index in [1.54, 1.807) is 6.92 Å². The van der Waals surface area contributed by atoms with Crippen LogP contribution in [0.15, 0.2) is 24.3 Å². The molecule has 18 heavy (non-hydrogen) atoms. The molecule has 0 heterocycles. The molecule has 102 valence electrons. The Hall–Kier alpha value is -1.58. The number of carbonyl (C=O) groups excluding carboxylic acids is 1. The number of hydrogen-bond acceptors (Lipinski definition) is 3. The summed E-state index contributed by atoms with van der Waals surface area (Å²) < 4.78 is 5.21. The number of esters is 1. The van der Waals surface area contributed by atoms with E-state index in [9.17, 15) is 9.59 Å². The van der Waals surface area contributed by atoms with Crippen molar-refractivity contribution in [2.24, 2.45) is 0 Å². The minimum absolute atomic E-state index is 0.156. The zero-order chi connectivity index (χ0) is 14.1. The maximum atomic E-state index is 11.1. The number of aliphatic carboxylic acids is 1. The summed E-state index contributed by atoms with van der Waals surface area (Å²) >= 11 is 0. The number of rotatable bonds is 3. The monoisotopic (exact) mass is 254 g/mol. The van der Waals surface area contributed by atoms with Gasteiger partial charge in [0.15, 0.2) is 0 Å². The van der Waals surface area contributed by atoms with Crippen LogP contribution in [0.2, 0.25) is 0 Å². The predicted molar refractivity (Wildman–Crippen MR) is 70.2 cm³/mol. The van der Waals surface area contributed by atoms with Crippen molar-refractivity contribution in [3.63, 3.8) is 0 Å². The molecule has 0 saturated heterocycles. The molecule has 1 aliphatic rings. The number of carboxylic acids is 1. The highest BCUT2D eigenvalue weighted by Crippen LogP contribution is 2.20. The van der Waals surface area contributed by atoms with Crippen LogP contribution in [0.25, 0.3) is 0 Å².